The van der Waals surface area contributed by atoms with Gasteiger partial charge < -0.3 is 15.6 Å². The van der Waals surface area contributed by atoms with Crippen molar-refractivity contribution in [2.75, 3.05) is 6.54 Å². The molecule has 4 heterocycles. The Balaban J connectivity index is 1.43. The average molecular weight is 404 g/mol. The van der Waals surface area contributed by atoms with E-state index in [1.807, 2.05) is 6.07 Å². The standard InChI is InChI=1S/C22H24N6O2/c1-2-3-7-23-13-17-9-15-12-24-16(10-18(15)26-17)14-25-22(30)19-11-21(29)28-8-5-4-6-20(28)27-19/h4-6,8-12,23,26H,2-3,7,13-14H2,1H3,(H,25,30). The Bertz CT molecular complexity index is 1240. The first-order valence-corrected chi connectivity index (χ1v) is 10.1. The minimum absolute atomic E-state index is 0.0904. The second-order valence-electron chi connectivity index (χ2n) is 7.18. The number of aromatic nitrogens is 4. The van der Waals surface area contributed by atoms with E-state index < -0.39 is 5.91 Å². The number of amides is 1. The molecule has 30 heavy (non-hydrogen) atoms. The molecule has 0 aliphatic carbocycles. The van der Waals surface area contributed by atoms with E-state index in [4.69, 9.17) is 0 Å². The molecule has 0 aromatic carbocycles. The predicted molar refractivity (Wildman–Crippen MR) is 115 cm³/mol. The van der Waals surface area contributed by atoms with Gasteiger partial charge in [-0.3, -0.25) is 19.0 Å². The molecule has 3 N–H and O–H groups in total. The number of carbonyl (C=O) groups excluding carboxylic acids is 1. The lowest BCUT2D eigenvalue weighted by molar-refractivity contribution is 0.0945. The Morgan fingerprint density at radius 2 is 2.10 bits per heavy atom. The van der Waals surface area contributed by atoms with Crippen LogP contribution in [0.3, 0.4) is 0 Å². The van der Waals surface area contributed by atoms with Crippen LogP contribution in [-0.4, -0.2) is 31.8 Å². The molecule has 4 aromatic rings. The van der Waals surface area contributed by atoms with E-state index >= 15 is 0 Å². The van der Waals surface area contributed by atoms with Crippen LogP contribution in [0.15, 0.2) is 53.6 Å². The highest BCUT2D eigenvalue weighted by Crippen LogP contribution is 2.15. The number of rotatable bonds is 8. The molecule has 0 radical (unpaired) electrons. The van der Waals surface area contributed by atoms with Gasteiger partial charge in [0.2, 0.25) is 0 Å². The van der Waals surface area contributed by atoms with Crippen molar-refractivity contribution in [2.24, 2.45) is 0 Å². The first-order valence-electron chi connectivity index (χ1n) is 10.1. The van der Waals surface area contributed by atoms with E-state index in [0.717, 1.165) is 41.8 Å². The molecule has 0 unspecified atom stereocenters. The molecule has 0 spiro atoms. The third-order valence-corrected chi connectivity index (χ3v) is 4.87. The Morgan fingerprint density at radius 3 is 2.97 bits per heavy atom. The molecule has 1 amide bonds. The van der Waals surface area contributed by atoms with Gasteiger partial charge in [0.15, 0.2) is 0 Å². The summed E-state index contributed by atoms with van der Waals surface area (Å²) in [7, 11) is 0. The minimum atomic E-state index is -0.410. The summed E-state index contributed by atoms with van der Waals surface area (Å²) < 4.78 is 1.40. The van der Waals surface area contributed by atoms with Crippen LogP contribution in [0.25, 0.3) is 16.6 Å². The Morgan fingerprint density at radius 1 is 1.20 bits per heavy atom. The van der Waals surface area contributed by atoms with Crippen LogP contribution in [-0.2, 0) is 13.1 Å². The summed E-state index contributed by atoms with van der Waals surface area (Å²) in [5.74, 6) is -0.410. The number of H-pyrrole nitrogens is 1. The van der Waals surface area contributed by atoms with Crippen molar-refractivity contribution in [3.05, 3.63) is 76.2 Å². The molecule has 0 saturated heterocycles. The third kappa shape index (κ3) is 4.38. The van der Waals surface area contributed by atoms with Crippen LogP contribution in [0, 0.1) is 0 Å². The molecule has 0 saturated carbocycles. The van der Waals surface area contributed by atoms with Crippen LogP contribution in [0.4, 0.5) is 0 Å². The van der Waals surface area contributed by atoms with E-state index in [-0.39, 0.29) is 17.8 Å². The number of carbonyl (C=O) groups is 1. The number of unbranched alkanes of at least 4 members (excludes halogenated alkanes) is 1. The second kappa shape index (κ2) is 8.87. The summed E-state index contributed by atoms with van der Waals surface area (Å²) in [5, 5.41) is 7.23. The van der Waals surface area contributed by atoms with Crippen LogP contribution < -0.4 is 16.2 Å². The van der Waals surface area contributed by atoms with Crippen molar-refractivity contribution in [1.29, 1.82) is 0 Å². The molecular weight excluding hydrogens is 380 g/mol. The summed E-state index contributed by atoms with van der Waals surface area (Å²) in [5.41, 5.74) is 3.03. The summed E-state index contributed by atoms with van der Waals surface area (Å²) >= 11 is 0. The fourth-order valence-electron chi connectivity index (χ4n) is 3.28. The average Bonchev–Trinajstić information content (AvgIpc) is 3.17. The number of fused-ring (bicyclic) bond motifs is 2. The largest absolute Gasteiger partial charge is 0.357 e. The summed E-state index contributed by atoms with van der Waals surface area (Å²) in [4.78, 5) is 36.7. The van der Waals surface area contributed by atoms with Crippen LogP contribution in [0.2, 0.25) is 0 Å². The quantitative estimate of drug-likeness (QED) is 0.391. The monoisotopic (exact) mass is 404 g/mol. The van der Waals surface area contributed by atoms with E-state index in [9.17, 15) is 9.59 Å². The highest BCUT2D eigenvalue weighted by Gasteiger charge is 2.11. The Labute approximate surface area is 173 Å². The van der Waals surface area contributed by atoms with Gasteiger partial charge in [0.05, 0.1) is 12.2 Å². The molecule has 4 aromatic heterocycles. The lowest BCUT2D eigenvalue weighted by Crippen LogP contribution is -2.27. The Kier molecular flexibility index (Phi) is 5.85. The lowest BCUT2D eigenvalue weighted by atomic mass is 10.2. The highest BCUT2D eigenvalue weighted by atomic mass is 16.2. The number of nitrogens with one attached hydrogen (secondary N) is 3. The molecule has 8 heteroatoms. The maximum absolute atomic E-state index is 12.5. The number of hydrogen-bond acceptors (Lipinski definition) is 5. The van der Waals surface area contributed by atoms with Crippen molar-refractivity contribution >= 4 is 22.5 Å². The zero-order chi connectivity index (χ0) is 20.9. The second-order valence-corrected chi connectivity index (χ2v) is 7.18. The number of hydrogen-bond donors (Lipinski definition) is 3. The van der Waals surface area contributed by atoms with Gasteiger partial charge in [-0.1, -0.05) is 19.4 Å². The molecule has 8 nitrogen and oxygen atoms in total. The molecule has 154 valence electrons. The number of aromatic amines is 1. The fraction of sp³-hybridized carbons (Fsp3) is 0.273. The molecule has 0 atom stereocenters. The zero-order valence-electron chi connectivity index (χ0n) is 16.8. The van der Waals surface area contributed by atoms with Gasteiger partial charge in [0, 0.05) is 41.6 Å². The number of pyridine rings is 2. The topological polar surface area (TPSA) is 104 Å². The van der Waals surface area contributed by atoms with Gasteiger partial charge in [0.1, 0.15) is 11.3 Å². The van der Waals surface area contributed by atoms with Crippen LogP contribution in [0.5, 0.6) is 0 Å². The summed E-state index contributed by atoms with van der Waals surface area (Å²) in [6, 6.07) is 10.4. The maximum atomic E-state index is 12.5. The SMILES string of the molecule is CCCCNCc1cc2cnc(CNC(=O)c3cc(=O)n4ccccc4n3)cc2[nH]1. The van der Waals surface area contributed by atoms with E-state index in [1.54, 1.807) is 30.6 Å². The van der Waals surface area contributed by atoms with Crippen molar-refractivity contribution in [1.82, 2.24) is 30.0 Å². The van der Waals surface area contributed by atoms with Crippen molar-refractivity contribution in [3.8, 4) is 0 Å². The first kappa shape index (κ1) is 19.8. The number of nitrogens with zero attached hydrogens (tertiary/aromatic N) is 3. The molecule has 0 bridgehead atoms. The molecule has 0 aliphatic heterocycles. The van der Waals surface area contributed by atoms with E-state index in [0.29, 0.717) is 5.65 Å². The normalized spacial score (nSPS) is 11.2. The van der Waals surface area contributed by atoms with Crippen molar-refractivity contribution in [2.45, 2.75) is 32.9 Å². The van der Waals surface area contributed by atoms with Crippen molar-refractivity contribution < 1.29 is 4.79 Å². The van der Waals surface area contributed by atoms with Gasteiger partial charge in [-0.15, -0.1) is 0 Å². The van der Waals surface area contributed by atoms with Crippen molar-refractivity contribution in [3.63, 3.8) is 0 Å². The zero-order valence-corrected chi connectivity index (χ0v) is 16.8. The van der Waals surface area contributed by atoms with Gasteiger partial charge in [0.25, 0.3) is 11.5 Å². The fourth-order valence-corrected chi connectivity index (χ4v) is 3.28. The van der Waals surface area contributed by atoms with Gasteiger partial charge >= 0.3 is 0 Å². The molecule has 4 rings (SSSR count). The molecule has 0 aliphatic rings. The van der Waals surface area contributed by atoms with Gasteiger partial charge in [-0.2, -0.15) is 0 Å². The minimum Gasteiger partial charge on any atom is -0.357 e. The lowest BCUT2D eigenvalue weighted by Gasteiger charge is -2.06. The smallest absolute Gasteiger partial charge is 0.270 e. The maximum Gasteiger partial charge on any atom is 0.270 e. The molecule has 0 fully saturated rings. The summed E-state index contributed by atoms with van der Waals surface area (Å²) in [6.07, 6.45) is 5.74. The van der Waals surface area contributed by atoms with Crippen LogP contribution >= 0.6 is 0 Å². The van der Waals surface area contributed by atoms with Crippen LogP contribution in [0.1, 0.15) is 41.6 Å². The predicted octanol–water partition coefficient (Wildman–Crippen LogP) is 2.39. The van der Waals surface area contributed by atoms with E-state index in [1.165, 1.54) is 16.9 Å². The first-order chi connectivity index (χ1) is 14.6. The van der Waals surface area contributed by atoms with E-state index in [2.05, 4.69) is 38.6 Å². The van der Waals surface area contributed by atoms with Gasteiger partial charge in [-0.25, -0.2) is 4.98 Å². The highest BCUT2D eigenvalue weighted by molar-refractivity contribution is 5.92. The van der Waals surface area contributed by atoms with Gasteiger partial charge in [-0.05, 0) is 37.2 Å². The molecular formula is C22H24N6O2. The Hall–Kier alpha value is -3.52. The summed E-state index contributed by atoms with van der Waals surface area (Å²) in [6.45, 7) is 4.19. The third-order valence-electron chi connectivity index (χ3n) is 4.87.